The molecule has 23 heavy (non-hydrogen) atoms. The van der Waals surface area contributed by atoms with Gasteiger partial charge in [-0.3, -0.25) is 9.69 Å². The van der Waals surface area contributed by atoms with Gasteiger partial charge in [0.15, 0.2) is 0 Å². The van der Waals surface area contributed by atoms with Gasteiger partial charge in [0.2, 0.25) is 0 Å². The molecule has 1 aliphatic heterocycles. The van der Waals surface area contributed by atoms with Gasteiger partial charge in [-0.05, 0) is 43.9 Å². The highest BCUT2D eigenvalue weighted by Gasteiger charge is 2.28. The average molecular weight is 309 g/mol. The van der Waals surface area contributed by atoms with Crippen LogP contribution in [0.4, 0.5) is 0 Å². The summed E-state index contributed by atoms with van der Waals surface area (Å²) in [4.78, 5) is 14.6. The molecule has 1 aromatic heterocycles. The lowest BCUT2D eigenvalue weighted by Crippen LogP contribution is -2.36. The molecule has 1 aliphatic carbocycles. The molecule has 4 heteroatoms. The van der Waals surface area contributed by atoms with Gasteiger partial charge in [0.1, 0.15) is 0 Å². The number of hydrogen-bond donors (Lipinski definition) is 0. The molecule has 1 unspecified atom stereocenters. The van der Waals surface area contributed by atoms with Crippen LogP contribution >= 0.6 is 0 Å². The molecular formula is C19H23N3O. The van der Waals surface area contributed by atoms with Crippen LogP contribution in [-0.4, -0.2) is 27.3 Å². The fourth-order valence-corrected chi connectivity index (χ4v) is 3.52. The normalized spacial score (nSPS) is 21.7. The van der Waals surface area contributed by atoms with E-state index in [2.05, 4.69) is 40.3 Å². The van der Waals surface area contributed by atoms with Crippen LogP contribution in [-0.2, 0) is 13.1 Å². The van der Waals surface area contributed by atoms with E-state index in [0.29, 0.717) is 18.5 Å². The zero-order valence-corrected chi connectivity index (χ0v) is 13.4. The Balaban J connectivity index is 1.49. The van der Waals surface area contributed by atoms with Crippen molar-refractivity contribution in [3.8, 4) is 0 Å². The number of aromatic nitrogens is 2. The largest absolute Gasteiger partial charge is 0.294 e. The monoisotopic (exact) mass is 309 g/mol. The molecule has 2 fully saturated rings. The summed E-state index contributed by atoms with van der Waals surface area (Å²) in [6, 6.07) is 14.6. The van der Waals surface area contributed by atoms with Gasteiger partial charge in [0.05, 0.1) is 12.2 Å². The Kier molecular flexibility index (Phi) is 4.00. The Morgan fingerprint density at radius 2 is 1.87 bits per heavy atom. The Hall–Kier alpha value is -1.94. The molecule has 120 valence electrons. The molecule has 0 bridgehead atoms. The molecule has 1 saturated heterocycles. The summed E-state index contributed by atoms with van der Waals surface area (Å²) >= 11 is 0. The van der Waals surface area contributed by atoms with E-state index in [4.69, 9.17) is 0 Å². The second kappa shape index (κ2) is 6.28. The van der Waals surface area contributed by atoms with Gasteiger partial charge in [-0.15, -0.1) is 0 Å². The van der Waals surface area contributed by atoms with E-state index in [9.17, 15) is 4.79 Å². The van der Waals surface area contributed by atoms with Crippen molar-refractivity contribution >= 4 is 0 Å². The van der Waals surface area contributed by atoms with E-state index in [0.717, 1.165) is 25.2 Å². The highest BCUT2D eigenvalue weighted by Crippen LogP contribution is 2.38. The SMILES string of the molecule is O=c1ccc(C2CC2)nn1CC1CCCN1Cc1ccccc1. The molecule has 0 spiro atoms. The molecule has 2 aromatic rings. The summed E-state index contributed by atoms with van der Waals surface area (Å²) in [6.07, 6.45) is 4.78. The highest BCUT2D eigenvalue weighted by atomic mass is 16.1. The fraction of sp³-hybridized carbons (Fsp3) is 0.474. The third-order valence-electron chi connectivity index (χ3n) is 4.99. The van der Waals surface area contributed by atoms with Gasteiger partial charge in [-0.1, -0.05) is 30.3 Å². The average Bonchev–Trinajstić information content (AvgIpc) is 3.33. The summed E-state index contributed by atoms with van der Waals surface area (Å²) < 4.78 is 1.70. The third kappa shape index (κ3) is 3.37. The molecule has 0 N–H and O–H groups in total. The van der Waals surface area contributed by atoms with Crippen molar-refractivity contribution in [2.24, 2.45) is 0 Å². The van der Waals surface area contributed by atoms with Gasteiger partial charge in [-0.2, -0.15) is 5.10 Å². The topological polar surface area (TPSA) is 38.1 Å². The first kappa shape index (κ1) is 14.6. The summed E-state index contributed by atoms with van der Waals surface area (Å²) in [7, 11) is 0. The summed E-state index contributed by atoms with van der Waals surface area (Å²) in [6.45, 7) is 2.78. The molecule has 4 rings (SSSR count). The molecule has 4 nitrogen and oxygen atoms in total. The zero-order chi connectivity index (χ0) is 15.6. The van der Waals surface area contributed by atoms with Crippen LogP contribution in [0, 0.1) is 0 Å². The van der Waals surface area contributed by atoms with Crippen LogP contribution in [0.2, 0.25) is 0 Å². The first-order valence-corrected chi connectivity index (χ1v) is 8.65. The lowest BCUT2D eigenvalue weighted by atomic mass is 10.2. The molecule has 1 aromatic carbocycles. The van der Waals surface area contributed by atoms with Gasteiger partial charge in [0.25, 0.3) is 5.56 Å². The van der Waals surface area contributed by atoms with E-state index < -0.39 is 0 Å². The van der Waals surface area contributed by atoms with Crippen LogP contribution < -0.4 is 5.56 Å². The summed E-state index contributed by atoms with van der Waals surface area (Å²) in [5.74, 6) is 0.589. The number of likely N-dealkylation sites (tertiary alicyclic amines) is 1. The molecule has 2 heterocycles. The standard InChI is InChI=1S/C19H23N3O/c23-19-11-10-18(16-8-9-16)20-22(19)14-17-7-4-12-21(17)13-15-5-2-1-3-6-15/h1-3,5-6,10-11,16-17H,4,7-9,12-14H2. The van der Waals surface area contributed by atoms with Crippen LogP contribution in [0.3, 0.4) is 0 Å². The van der Waals surface area contributed by atoms with Crippen molar-refractivity contribution in [1.82, 2.24) is 14.7 Å². The van der Waals surface area contributed by atoms with Crippen molar-refractivity contribution in [3.63, 3.8) is 0 Å². The van der Waals surface area contributed by atoms with Crippen molar-refractivity contribution in [2.75, 3.05) is 6.54 Å². The number of hydrogen-bond acceptors (Lipinski definition) is 3. The van der Waals surface area contributed by atoms with Gasteiger partial charge in [-0.25, -0.2) is 4.68 Å². The minimum Gasteiger partial charge on any atom is -0.294 e. The second-order valence-electron chi connectivity index (χ2n) is 6.80. The number of rotatable bonds is 5. The van der Waals surface area contributed by atoms with Crippen LogP contribution in [0.5, 0.6) is 0 Å². The van der Waals surface area contributed by atoms with E-state index in [1.165, 1.54) is 24.8 Å². The van der Waals surface area contributed by atoms with Crippen molar-refractivity contribution in [2.45, 2.75) is 50.7 Å². The van der Waals surface area contributed by atoms with Crippen molar-refractivity contribution in [1.29, 1.82) is 0 Å². The highest BCUT2D eigenvalue weighted by molar-refractivity contribution is 5.15. The Bertz CT molecular complexity index is 721. The van der Waals surface area contributed by atoms with Gasteiger partial charge >= 0.3 is 0 Å². The predicted molar refractivity (Wildman–Crippen MR) is 90.3 cm³/mol. The first-order valence-electron chi connectivity index (χ1n) is 8.65. The fourth-order valence-electron chi connectivity index (χ4n) is 3.52. The molecular weight excluding hydrogens is 286 g/mol. The van der Waals surface area contributed by atoms with E-state index in [1.807, 2.05) is 6.07 Å². The Morgan fingerprint density at radius 1 is 1.04 bits per heavy atom. The van der Waals surface area contributed by atoms with E-state index >= 15 is 0 Å². The van der Waals surface area contributed by atoms with Gasteiger partial charge in [0, 0.05) is 24.6 Å². The first-order chi connectivity index (χ1) is 11.3. The van der Waals surface area contributed by atoms with Crippen LogP contribution in [0.25, 0.3) is 0 Å². The van der Waals surface area contributed by atoms with Crippen LogP contribution in [0.1, 0.15) is 42.9 Å². The smallest absolute Gasteiger partial charge is 0.266 e. The Morgan fingerprint density at radius 3 is 2.65 bits per heavy atom. The molecule has 1 saturated carbocycles. The van der Waals surface area contributed by atoms with Crippen molar-refractivity contribution < 1.29 is 0 Å². The minimum absolute atomic E-state index is 0.0287. The molecule has 0 radical (unpaired) electrons. The van der Waals surface area contributed by atoms with Crippen molar-refractivity contribution in [3.05, 3.63) is 64.1 Å². The molecule has 1 atom stereocenters. The second-order valence-corrected chi connectivity index (χ2v) is 6.80. The number of nitrogens with zero attached hydrogens (tertiary/aromatic N) is 3. The maximum atomic E-state index is 12.1. The molecule has 2 aliphatic rings. The lowest BCUT2D eigenvalue weighted by Gasteiger charge is -2.24. The molecule has 0 amide bonds. The predicted octanol–water partition coefficient (Wildman–Crippen LogP) is 2.79. The maximum absolute atomic E-state index is 12.1. The zero-order valence-electron chi connectivity index (χ0n) is 13.4. The summed E-state index contributed by atoms with van der Waals surface area (Å²) in [5.41, 5.74) is 2.46. The quantitative estimate of drug-likeness (QED) is 0.852. The minimum atomic E-state index is 0.0287. The number of benzene rings is 1. The Labute approximate surface area is 136 Å². The van der Waals surface area contributed by atoms with Crippen LogP contribution in [0.15, 0.2) is 47.3 Å². The van der Waals surface area contributed by atoms with E-state index in [1.54, 1.807) is 10.7 Å². The van der Waals surface area contributed by atoms with Gasteiger partial charge < -0.3 is 0 Å². The van der Waals surface area contributed by atoms with E-state index in [-0.39, 0.29) is 5.56 Å². The summed E-state index contributed by atoms with van der Waals surface area (Å²) in [5, 5.41) is 4.62. The third-order valence-corrected chi connectivity index (χ3v) is 4.99. The lowest BCUT2D eigenvalue weighted by molar-refractivity contribution is 0.216. The maximum Gasteiger partial charge on any atom is 0.266 e.